The van der Waals surface area contributed by atoms with Crippen molar-refractivity contribution in [2.75, 3.05) is 6.61 Å². The molecule has 0 bridgehead atoms. The topological polar surface area (TPSA) is 80.8 Å². The molecule has 0 unspecified atom stereocenters. The molecule has 0 N–H and O–H groups in total. The summed E-state index contributed by atoms with van der Waals surface area (Å²) in [7, 11) is 0. The van der Waals surface area contributed by atoms with Crippen LogP contribution in [-0.2, 0) is 21.7 Å². The predicted molar refractivity (Wildman–Crippen MR) is 105 cm³/mol. The van der Waals surface area contributed by atoms with Crippen molar-refractivity contribution in [3.63, 3.8) is 0 Å². The average Bonchev–Trinajstić information content (AvgIpc) is 3.24. The van der Waals surface area contributed by atoms with Gasteiger partial charge in [-0.25, -0.2) is 9.67 Å². The van der Waals surface area contributed by atoms with E-state index in [4.69, 9.17) is 4.74 Å². The Morgan fingerprint density at radius 2 is 2.15 bits per heavy atom. The number of hydrogen-bond donors (Lipinski definition) is 0. The average molecular weight is 399 g/mol. The Bertz CT molecular complexity index is 974. The highest BCUT2D eigenvalue weighted by Gasteiger charge is 2.17. The predicted octanol–water partition coefficient (Wildman–Crippen LogP) is 3.91. The fraction of sp³-hybridized carbons (Fsp3) is 0.263. The molecular weight excluding hydrogens is 380 g/mol. The summed E-state index contributed by atoms with van der Waals surface area (Å²) in [5.74, 6) is 0.286. The Morgan fingerprint density at radius 1 is 1.37 bits per heavy atom. The van der Waals surface area contributed by atoms with Gasteiger partial charge in [-0.1, -0.05) is 30.0 Å². The summed E-state index contributed by atoms with van der Waals surface area (Å²) in [5, 5.41) is 15.9. The standard InChI is InChI=1S/C19H18N4O2S2/c1-3-25-18(24)9-14-11-26-19(21-14)27-12-17-16(10-20)13(2)22-23(17)15-7-5-4-6-8-15/h4-8,11H,3,9,12H2,1-2H3. The van der Waals surface area contributed by atoms with Crippen molar-refractivity contribution in [2.24, 2.45) is 0 Å². The lowest BCUT2D eigenvalue weighted by molar-refractivity contribution is -0.142. The van der Waals surface area contributed by atoms with Crippen LogP contribution in [0.25, 0.3) is 5.69 Å². The first-order chi connectivity index (χ1) is 13.1. The van der Waals surface area contributed by atoms with E-state index in [9.17, 15) is 10.1 Å². The molecule has 6 nitrogen and oxygen atoms in total. The Morgan fingerprint density at radius 3 is 2.85 bits per heavy atom. The minimum absolute atomic E-state index is 0.176. The SMILES string of the molecule is CCOC(=O)Cc1csc(SCc2c(C#N)c(C)nn2-c2ccccc2)n1. The molecule has 3 aromatic rings. The van der Waals surface area contributed by atoms with Crippen LogP contribution in [0, 0.1) is 18.3 Å². The molecule has 0 radical (unpaired) electrons. The molecule has 0 aliphatic rings. The molecule has 0 saturated heterocycles. The minimum Gasteiger partial charge on any atom is -0.466 e. The Kier molecular flexibility index (Phi) is 6.27. The molecule has 27 heavy (non-hydrogen) atoms. The number of hydrogen-bond acceptors (Lipinski definition) is 7. The molecule has 0 spiro atoms. The van der Waals surface area contributed by atoms with E-state index in [1.165, 1.54) is 23.1 Å². The van der Waals surface area contributed by atoms with E-state index in [2.05, 4.69) is 16.2 Å². The normalized spacial score (nSPS) is 10.6. The summed E-state index contributed by atoms with van der Waals surface area (Å²) in [5.41, 5.74) is 3.76. The van der Waals surface area contributed by atoms with Crippen molar-refractivity contribution in [3.05, 3.63) is 58.4 Å². The number of aryl methyl sites for hydroxylation is 1. The van der Waals surface area contributed by atoms with Gasteiger partial charge in [0.25, 0.3) is 0 Å². The number of nitriles is 1. The molecule has 1 aromatic carbocycles. The molecule has 0 amide bonds. The van der Waals surface area contributed by atoms with Crippen LogP contribution in [0.3, 0.4) is 0 Å². The zero-order chi connectivity index (χ0) is 19.2. The first-order valence-corrected chi connectivity index (χ1v) is 10.3. The van der Waals surface area contributed by atoms with Crippen LogP contribution in [-0.4, -0.2) is 27.3 Å². The van der Waals surface area contributed by atoms with Gasteiger partial charge in [0.15, 0.2) is 4.34 Å². The zero-order valence-electron chi connectivity index (χ0n) is 15.0. The zero-order valence-corrected chi connectivity index (χ0v) is 16.6. The second-order valence-electron chi connectivity index (χ2n) is 5.64. The lowest BCUT2D eigenvalue weighted by Gasteiger charge is -2.06. The van der Waals surface area contributed by atoms with E-state index >= 15 is 0 Å². The quantitative estimate of drug-likeness (QED) is 0.443. The largest absolute Gasteiger partial charge is 0.466 e. The third-order valence-electron chi connectivity index (χ3n) is 3.76. The highest BCUT2D eigenvalue weighted by Crippen LogP contribution is 2.29. The molecule has 8 heteroatoms. The summed E-state index contributed by atoms with van der Waals surface area (Å²) in [6.45, 7) is 3.99. The second-order valence-corrected chi connectivity index (χ2v) is 7.72. The van der Waals surface area contributed by atoms with E-state index in [0.29, 0.717) is 29.3 Å². The van der Waals surface area contributed by atoms with Crippen LogP contribution in [0.2, 0.25) is 0 Å². The van der Waals surface area contributed by atoms with Gasteiger partial charge >= 0.3 is 5.97 Å². The number of ether oxygens (including phenoxy) is 1. The lowest BCUT2D eigenvalue weighted by Crippen LogP contribution is -2.07. The maximum atomic E-state index is 11.6. The molecule has 0 aliphatic heterocycles. The molecule has 0 fully saturated rings. The number of benzene rings is 1. The van der Waals surface area contributed by atoms with Crippen LogP contribution in [0.4, 0.5) is 0 Å². The molecular formula is C19H18N4O2S2. The van der Waals surface area contributed by atoms with Crippen LogP contribution in [0.15, 0.2) is 40.1 Å². The van der Waals surface area contributed by atoms with Gasteiger partial charge in [-0.05, 0) is 26.0 Å². The Labute approximate surface area is 165 Å². The van der Waals surface area contributed by atoms with Crippen molar-refractivity contribution >= 4 is 29.1 Å². The van der Waals surface area contributed by atoms with Crippen molar-refractivity contribution in [1.29, 1.82) is 5.26 Å². The summed E-state index contributed by atoms with van der Waals surface area (Å²) in [6.07, 6.45) is 0.176. The number of para-hydroxylation sites is 1. The van der Waals surface area contributed by atoms with Gasteiger partial charge in [0.1, 0.15) is 6.07 Å². The van der Waals surface area contributed by atoms with Crippen LogP contribution >= 0.6 is 23.1 Å². The number of carbonyl (C=O) groups excluding carboxylic acids is 1. The third kappa shape index (κ3) is 4.56. The number of nitrogens with zero attached hydrogens (tertiary/aromatic N) is 4. The van der Waals surface area contributed by atoms with Crippen molar-refractivity contribution < 1.29 is 9.53 Å². The van der Waals surface area contributed by atoms with Crippen LogP contribution in [0.1, 0.15) is 29.6 Å². The molecule has 3 rings (SSSR count). The maximum absolute atomic E-state index is 11.6. The van der Waals surface area contributed by atoms with E-state index in [-0.39, 0.29) is 12.4 Å². The molecule has 2 heterocycles. The monoisotopic (exact) mass is 398 g/mol. The maximum Gasteiger partial charge on any atom is 0.311 e. The molecule has 138 valence electrons. The fourth-order valence-electron chi connectivity index (χ4n) is 2.56. The second kappa shape index (κ2) is 8.84. The van der Waals surface area contributed by atoms with Gasteiger partial charge in [-0.2, -0.15) is 10.4 Å². The molecule has 0 atom stereocenters. The number of carbonyl (C=O) groups is 1. The molecule has 2 aromatic heterocycles. The van der Waals surface area contributed by atoms with E-state index in [0.717, 1.165) is 15.7 Å². The highest BCUT2D eigenvalue weighted by atomic mass is 32.2. The highest BCUT2D eigenvalue weighted by molar-refractivity contribution is 8.00. The van der Waals surface area contributed by atoms with Crippen molar-refractivity contribution in [3.8, 4) is 11.8 Å². The van der Waals surface area contributed by atoms with Crippen LogP contribution in [0.5, 0.6) is 0 Å². The first-order valence-electron chi connectivity index (χ1n) is 8.39. The Hall–Kier alpha value is -2.63. The number of esters is 1. The first kappa shape index (κ1) is 19.1. The van der Waals surface area contributed by atoms with Crippen molar-refractivity contribution in [2.45, 2.75) is 30.4 Å². The van der Waals surface area contributed by atoms with Gasteiger partial charge < -0.3 is 4.74 Å². The van der Waals surface area contributed by atoms with Gasteiger partial charge in [0.05, 0.1) is 41.4 Å². The van der Waals surface area contributed by atoms with Gasteiger partial charge in [-0.3, -0.25) is 4.79 Å². The van der Waals surface area contributed by atoms with Gasteiger partial charge in [0, 0.05) is 11.1 Å². The fourth-order valence-corrected chi connectivity index (χ4v) is 4.41. The minimum atomic E-state index is -0.274. The van der Waals surface area contributed by atoms with Crippen LogP contribution < -0.4 is 0 Å². The molecule has 0 saturated carbocycles. The van der Waals surface area contributed by atoms with Gasteiger partial charge in [0.2, 0.25) is 0 Å². The summed E-state index contributed by atoms with van der Waals surface area (Å²) >= 11 is 3.01. The number of aromatic nitrogens is 3. The van der Waals surface area contributed by atoms with E-state index in [1.54, 1.807) is 6.92 Å². The number of thioether (sulfide) groups is 1. The van der Waals surface area contributed by atoms with Crippen molar-refractivity contribution in [1.82, 2.24) is 14.8 Å². The van der Waals surface area contributed by atoms with Gasteiger partial charge in [-0.15, -0.1) is 11.3 Å². The van der Waals surface area contributed by atoms with E-state index in [1.807, 2.05) is 47.3 Å². The smallest absolute Gasteiger partial charge is 0.311 e. The Balaban J connectivity index is 1.78. The lowest BCUT2D eigenvalue weighted by atomic mass is 10.2. The third-order valence-corrected chi connectivity index (χ3v) is 5.84. The van der Waals surface area contributed by atoms with E-state index < -0.39 is 0 Å². The summed E-state index contributed by atoms with van der Waals surface area (Å²) in [6, 6.07) is 12.0. The summed E-state index contributed by atoms with van der Waals surface area (Å²) in [4.78, 5) is 16.1. The molecule has 0 aliphatic carbocycles. The summed E-state index contributed by atoms with van der Waals surface area (Å²) < 4.78 is 7.61. The number of thiazole rings is 1. The number of rotatable bonds is 7.